The molecule has 3 aromatic carbocycles. The lowest BCUT2D eigenvalue weighted by atomic mass is 9.68. The molecule has 8 heteroatoms. The van der Waals surface area contributed by atoms with Crippen LogP contribution in [0.4, 0.5) is 11.4 Å². The van der Waals surface area contributed by atoms with Gasteiger partial charge in [0.2, 0.25) is 5.91 Å². The number of non-ortho nitro benzene ring substituents is 1. The van der Waals surface area contributed by atoms with Crippen LogP contribution in [0.25, 0.3) is 0 Å². The van der Waals surface area contributed by atoms with Crippen LogP contribution in [0.15, 0.2) is 60.7 Å². The molecular weight excluding hydrogens is 482 g/mol. The molecule has 3 aliphatic rings. The minimum Gasteiger partial charge on any atom is -0.497 e. The third-order valence-electron chi connectivity index (χ3n) is 8.58. The number of carbonyl (C=O) groups is 2. The molecule has 1 amide bonds. The Kier molecular flexibility index (Phi) is 5.61. The van der Waals surface area contributed by atoms with Crippen molar-refractivity contribution in [3.05, 3.63) is 98.6 Å². The number of anilines is 1. The first-order chi connectivity index (χ1) is 18.3. The van der Waals surface area contributed by atoms with Gasteiger partial charge in [-0.1, -0.05) is 42.0 Å². The first-order valence-electron chi connectivity index (χ1n) is 12.9. The van der Waals surface area contributed by atoms with Crippen molar-refractivity contribution in [3.63, 3.8) is 0 Å². The van der Waals surface area contributed by atoms with Crippen LogP contribution in [-0.2, 0) is 10.3 Å². The van der Waals surface area contributed by atoms with Crippen molar-refractivity contribution in [1.29, 1.82) is 0 Å². The van der Waals surface area contributed by atoms with Crippen molar-refractivity contribution in [2.45, 2.75) is 44.2 Å². The van der Waals surface area contributed by atoms with Crippen LogP contribution in [0.1, 0.15) is 51.4 Å². The molecule has 6 rings (SSSR count). The first kappa shape index (κ1) is 24.3. The average molecular weight is 512 g/mol. The monoisotopic (exact) mass is 511 g/mol. The molecule has 1 spiro atoms. The number of carbonyl (C=O) groups excluding carboxylic acids is 2. The molecule has 4 atom stereocenters. The summed E-state index contributed by atoms with van der Waals surface area (Å²) >= 11 is 0. The zero-order valence-corrected chi connectivity index (χ0v) is 21.6. The Morgan fingerprint density at radius 2 is 1.89 bits per heavy atom. The van der Waals surface area contributed by atoms with Crippen molar-refractivity contribution in [2.75, 3.05) is 19.0 Å². The molecule has 0 aromatic heterocycles. The molecule has 0 bridgehead atoms. The maximum atomic E-state index is 14.6. The summed E-state index contributed by atoms with van der Waals surface area (Å²) in [5.74, 6) is -0.806. The third-order valence-corrected chi connectivity index (χ3v) is 8.58. The molecule has 1 N–H and O–H groups in total. The third kappa shape index (κ3) is 3.33. The number of nitrogens with one attached hydrogen (secondary N) is 1. The highest BCUT2D eigenvalue weighted by atomic mass is 16.6. The van der Waals surface area contributed by atoms with Gasteiger partial charge in [-0.15, -0.1) is 0 Å². The predicted molar refractivity (Wildman–Crippen MR) is 143 cm³/mol. The first-order valence-corrected chi connectivity index (χ1v) is 12.9. The van der Waals surface area contributed by atoms with Gasteiger partial charge < -0.3 is 10.1 Å². The number of Topliss-reactive ketones (excluding diaryl/α,β-unsaturated/α-hetero) is 1. The SMILES string of the molecule is COc1cccc(C(=O)C2C(c3ccc([N+](=O)[O-])cc3)C3CCCN3[C@@]23C(=O)Nc2c(C)cc(C)cc23)c1. The summed E-state index contributed by atoms with van der Waals surface area (Å²) in [7, 11) is 1.56. The van der Waals surface area contributed by atoms with E-state index in [1.165, 1.54) is 12.1 Å². The summed E-state index contributed by atoms with van der Waals surface area (Å²) < 4.78 is 5.41. The van der Waals surface area contributed by atoms with E-state index in [2.05, 4.69) is 10.2 Å². The van der Waals surface area contributed by atoms with Gasteiger partial charge in [-0.2, -0.15) is 0 Å². The van der Waals surface area contributed by atoms with Crippen molar-refractivity contribution >= 4 is 23.1 Å². The maximum Gasteiger partial charge on any atom is 0.269 e. The summed E-state index contributed by atoms with van der Waals surface area (Å²) in [4.78, 5) is 42.0. The molecule has 8 nitrogen and oxygen atoms in total. The van der Waals surface area contributed by atoms with Crippen LogP contribution < -0.4 is 10.1 Å². The number of nitrogens with zero attached hydrogens (tertiary/aromatic N) is 2. The Hall–Kier alpha value is -4.04. The molecular formula is C30H29N3O5. The molecule has 3 unspecified atom stereocenters. The highest BCUT2D eigenvalue weighted by molar-refractivity contribution is 6.13. The fourth-order valence-corrected chi connectivity index (χ4v) is 7.17. The average Bonchev–Trinajstić information content (AvgIpc) is 3.57. The molecule has 194 valence electrons. The topological polar surface area (TPSA) is 102 Å². The second-order valence-electron chi connectivity index (χ2n) is 10.6. The van der Waals surface area contributed by atoms with Gasteiger partial charge in [-0.25, -0.2) is 0 Å². The summed E-state index contributed by atoms with van der Waals surface area (Å²) in [5, 5.41) is 14.5. The number of methoxy groups -OCH3 is 1. The highest BCUT2D eigenvalue weighted by Gasteiger charge is 2.69. The lowest BCUT2D eigenvalue weighted by Crippen LogP contribution is -2.52. The second-order valence-corrected chi connectivity index (χ2v) is 10.6. The van der Waals surface area contributed by atoms with Crippen LogP contribution in [-0.4, -0.2) is 41.2 Å². The van der Waals surface area contributed by atoms with Gasteiger partial charge >= 0.3 is 0 Å². The zero-order chi connectivity index (χ0) is 26.8. The lowest BCUT2D eigenvalue weighted by Gasteiger charge is -2.37. The number of nitro groups is 1. The van der Waals surface area contributed by atoms with Crippen LogP contribution in [0.2, 0.25) is 0 Å². The summed E-state index contributed by atoms with van der Waals surface area (Å²) in [6.45, 7) is 4.68. The van der Waals surface area contributed by atoms with Crippen molar-refractivity contribution in [2.24, 2.45) is 5.92 Å². The second kappa shape index (κ2) is 8.77. The largest absolute Gasteiger partial charge is 0.497 e. The van der Waals surface area contributed by atoms with E-state index in [1.807, 2.05) is 26.0 Å². The van der Waals surface area contributed by atoms with Crippen molar-refractivity contribution in [1.82, 2.24) is 4.90 Å². The Morgan fingerprint density at radius 1 is 1.13 bits per heavy atom. The Balaban J connectivity index is 1.61. The van der Waals surface area contributed by atoms with Crippen LogP contribution >= 0.6 is 0 Å². The standard InChI is InChI=1S/C30H29N3O5/c1-17-14-18(2)27-23(15-17)30(29(35)31-27)26(28(34)20-6-4-7-22(16-20)38-3)25(24-8-5-13-32(24)30)19-9-11-21(12-10-19)33(36)37/h4,6-7,9-12,14-16,24-26H,5,8,13H2,1-3H3,(H,31,35)/t24?,25?,26?,30-/m1/s1. The summed E-state index contributed by atoms with van der Waals surface area (Å²) in [5.41, 5.74) is 3.74. The van der Waals surface area contributed by atoms with Crippen LogP contribution in [0.5, 0.6) is 5.75 Å². The molecule has 3 heterocycles. The normalized spacial score (nSPS) is 25.8. The molecule has 0 saturated carbocycles. The van der Waals surface area contributed by atoms with Gasteiger partial charge in [0.25, 0.3) is 5.69 Å². The maximum absolute atomic E-state index is 14.6. The number of hydrogen-bond acceptors (Lipinski definition) is 6. The van der Waals surface area contributed by atoms with Crippen LogP contribution in [0, 0.1) is 29.9 Å². The van der Waals surface area contributed by atoms with Gasteiger partial charge in [0, 0.05) is 40.9 Å². The van der Waals surface area contributed by atoms with Gasteiger partial charge in [0.1, 0.15) is 11.3 Å². The number of fused-ring (bicyclic) bond motifs is 4. The van der Waals surface area contributed by atoms with E-state index in [0.29, 0.717) is 17.9 Å². The number of aryl methyl sites for hydroxylation is 2. The van der Waals surface area contributed by atoms with Crippen molar-refractivity contribution < 1.29 is 19.2 Å². The van der Waals surface area contributed by atoms with E-state index in [4.69, 9.17) is 4.74 Å². The number of hydrogen-bond donors (Lipinski definition) is 1. The molecule has 0 aliphatic carbocycles. The van der Waals surface area contributed by atoms with Gasteiger partial charge in [0.15, 0.2) is 5.78 Å². The number of ketones is 1. The Morgan fingerprint density at radius 3 is 2.61 bits per heavy atom. The predicted octanol–water partition coefficient (Wildman–Crippen LogP) is 5.13. The summed E-state index contributed by atoms with van der Waals surface area (Å²) in [6.07, 6.45) is 1.74. The van der Waals surface area contributed by atoms with Crippen LogP contribution in [0.3, 0.4) is 0 Å². The van der Waals surface area contributed by atoms with E-state index < -0.39 is 16.4 Å². The van der Waals surface area contributed by atoms with Gasteiger partial charge in [-0.3, -0.25) is 24.6 Å². The number of ether oxygens (including phenoxy) is 1. The molecule has 3 aliphatic heterocycles. The Labute approximate surface area is 220 Å². The molecule has 0 radical (unpaired) electrons. The molecule has 38 heavy (non-hydrogen) atoms. The highest BCUT2D eigenvalue weighted by Crippen LogP contribution is 2.61. The lowest BCUT2D eigenvalue weighted by molar-refractivity contribution is -0.384. The number of nitro benzene ring substituents is 1. The molecule has 2 fully saturated rings. The fourth-order valence-electron chi connectivity index (χ4n) is 7.17. The van der Waals surface area contributed by atoms with E-state index in [-0.39, 0.29) is 29.3 Å². The number of benzene rings is 3. The van der Waals surface area contributed by atoms with E-state index >= 15 is 0 Å². The van der Waals surface area contributed by atoms with E-state index in [0.717, 1.165) is 40.8 Å². The quantitative estimate of drug-likeness (QED) is 0.290. The fraction of sp³-hybridized carbons (Fsp3) is 0.333. The van der Waals surface area contributed by atoms with E-state index in [1.54, 1.807) is 43.5 Å². The number of rotatable bonds is 5. The number of amides is 1. The smallest absolute Gasteiger partial charge is 0.269 e. The minimum absolute atomic E-state index is 0.00406. The zero-order valence-electron chi connectivity index (χ0n) is 21.6. The van der Waals surface area contributed by atoms with Crippen molar-refractivity contribution in [3.8, 4) is 5.75 Å². The van der Waals surface area contributed by atoms with Gasteiger partial charge in [-0.05, 0) is 56.5 Å². The molecule has 2 saturated heterocycles. The Bertz CT molecular complexity index is 1480. The minimum atomic E-state index is -1.18. The molecule has 3 aromatic rings. The summed E-state index contributed by atoms with van der Waals surface area (Å²) in [6, 6.07) is 17.6. The van der Waals surface area contributed by atoms with Gasteiger partial charge in [0.05, 0.1) is 18.0 Å². The van der Waals surface area contributed by atoms with E-state index in [9.17, 15) is 19.7 Å².